The summed E-state index contributed by atoms with van der Waals surface area (Å²) >= 11 is 0. The van der Waals surface area contributed by atoms with Crippen molar-refractivity contribution >= 4 is 0 Å². The lowest BCUT2D eigenvalue weighted by atomic mass is 9.84. The summed E-state index contributed by atoms with van der Waals surface area (Å²) in [4.78, 5) is 15.7. The summed E-state index contributed by atoms with van der Waals surface area (Å²) < 4.78 is 33.1. The Morgan fingerprint density at radius 2 is 1.88 bits per heavy atom. The van der Waals surface area contributed by atoms with Crippen LogP contribution in [0.15, 0.2) is 49.1 Å². The molecule has 0 aliphatic carbocycles. The average Bonchev–Trinajstić information content (AvgIpc) is 3.18. The normalized spacial score (nSPS) is 18.6. The van der Waals surface area contributed by atoms with E-state index in [4.69, 9.17) is 4.74 Å². The first-order valence-corrected chi connectivity index (χ1v) is 10.8. The highest BCUT2D eigenvalue weighted by Crippen LogP contribution is 2.43. The second kappa shape index (κ2) is 8.61. The number of nitrogens with one attached hydrogen (secondary N) is 1. The van der Waals surface area contributed by atoms with E-state index in [-0.39, 0.29) is 5.60 Å². The zero-order chi connectivity index (χ0) is 22.1. The molecule has 3 aromatic rings. The van der Waals surface area contributed by atoms with Crippen molar-refractivity contribution in [1.82, 2.24) is 25.2 Å². The number of benzene rings is 1. The van der Waals surface area contributed by atoms with Crippen molar-refractivity contribution in [1.29, 1.82) is 0 Å². The number of fused-ring (bicyclic) bond motifs is 2. The molecule has 1 aromatic carbocycles. The van der Waals surface area contributed by atoms with Crippen molar-refractivity contribution in [2.75, 3.05) is 20.1 Å². The van der Waals surface area contributed by atoms with Crippen molar-refractivity contribution in [3.63, 3.8) is 0 Å². The Morgan fingerprint density at radius 1 is 1.09 bits per heavy atom. The molecule has 1 unspecified atom stereocenters. The van der Waals surface area contributed by atoms with Crippen LogP contribution in [0.3, 0.4) is 0 Å². The van der Waals surface area contributed by atoms with E-state index in [0.717, 1.165) is 44.1 Å². The lowest BCUT2D eigenvalue weighted by molar-refractivity contribution is -0.0800. The van der Waals surface area contributed by atoms with Crippen LogP contribution in [-0.4, -0.2) is 40.0 Å². The van der Waals surface area contributed by atoms with Crippen LogP contribution in [0.1, 0.15) is 47.0 Å². The SMILES string of the molecule is CNC(c1ccc(F)c(F)c1)c1ncc(CN2CCC3(CC2)OCc2ccncc23)cn1. The summed E-state index contributed by atoms with van der Waals surface area (Å²) in [5, 5.41) is 3.07. The molecule has 5 rings (SSSR count). The predicted molar refractivity (Wildman–Crippen MR) is 115 cm³/mol. The molecular formula is C24H25F2N5O. The molecular weight excluding hydrogens is 412 g/mol. The minimum atomic E-state index is -0.883. The van der Waals surface area contributed by atoms with Gasteiger partial charge in [0, 0.05) is 55.5 Å². The van der Waals surface area contributed by atoms with Gasteiger partial charge in [-0.05, 0) is 49.2 Å². The van der Waals surface area contributed by atoms with Gasteiger partial charge in [-0.3, -0.25) is 9.88 Å². The quantitative estimate of drug-likeness (QED) is 0.660. The lowest BCUT2D eigenvalue weighted by Crippen LogP contribution is -2.42. The van der Waals surface area contributed by atoms with Gasteiger partial charge in [-0.15, -0.1) is 0 Å². The zero-order valence-electron chi connectivity index (χ0n) is 17.9. The van der Waals surface area contributed by atoms with E-state index in [1.165, 1.54) is 17.2 Å². The highest BCUT2D eigenvalue weighted by Gasteiger charge is 2.42. The summed E-state index contributed by atoms with van der Waals surface area (Å²) in [6.07, 6.45) is 9.26. The number of aromatic nitrogens is 3. The molecule has 0 radical (unpaired) electrons. The van der Waals surface area contributed by atoms with E-state index < -0.39 is 17.7 Å². The maximum atomic E-state index is 13.6. The Bertz CT molecular complexity index is 1100. The van der Waals surface area contributed by atoms with Crippen molar-refractivity contribution in [3.05, 3.63) is 88.8 Å². The number of hydrogen-bond acceptors (Lipinski definition) is 6. The maximum absolute atomic E-state index is 13.6. The molecule has 32 heavy (non-hydrogen) atoms. The van der Waals surface area contributed by atoms with Crippen LogP contribution >= 0.6 is 0 Å². The summed E-state index contributed by atoms with van der Waals surface area (Å²) in [6.45, 7) is 3.26. The van der Waals surface area contributed by atoms with Gasteiger partial charge in [0.25, 0.3) is 0 Å². The number of halogens is 2. The molecule has 0 saturated carbocycles. The molecule has 0 amide bonds. The third kappa shape index (κ3) is 3.90. The van der Waals surface area contributed by atoms with Gasteiger partial charge in [0.05, 0.1) is 18.2 Å². The highest BCUT2D eigenvalue weighted by atomic mass is 19.2. The van der Waals surface area contributed by atoms with Gasteiger partial charge in [-0.1, -0.05) is 6.07 Å². The first kappa shape index (κ1) is 21.1. The molecule has 1 atom stereocenters. The minimum absolute atomic E-state index is 0.203. The number of nitrogens with zero attached hydrogens (tertiary/aromatic N) is 4. The molecule has 2 aromatic heterocycles. The number of likely N-dealkylation sites (tertiary alicyclic amines) is 1. The van der Waals surface area contributed by atoms with E-state index in [1.807, 2.05) is 30.9 Å². The van der Waals surface area contributed by atoms with E-state index in [9.17, 15) is 8.78 Å². The molecule has 8 heteroatoms. The molecule has 1 fully saturated rings. The Kier molecular flexibility index (Phi) is 5.67. The summed E-state index contributed by atoms with van der Waals surface area (Å²) in [7, 11) is 1.74. The third-order valence-corrected chi connectivity index (χ3v) is 6.53. The topological polar surface area (TPSA) is 63.2 Å². The highest BCUT2D eigenvalue weighted by molar-refractivity contribution is 5.33. The molecule has 2 aliphatic heterocycles. The average molecular weight is 437 g/mol. The smallest absolute Gasteiger partial charge is 0.159 e. The number of rotatable bonds is 5. The summed E-state index contributed by atoms with van der Waals surface area (Å²) in [5.41, 5.74) is 3.87. The molecule has 0 bridgehead atoms. The maximum Gasteiger partial charge on any atom is 0.159 e. The van der Waals surface area contributed by atoms with Gasteiger partial charge in [0.1, 0.15) is 5.82 Å². The molecule has 1 spiro atoms. The zero-order valence-corrected chi connectivity index (χ0v) is 17.9. The minimum Gasteiger partial charge on any atom is -0.365 e. The van der Waals surface area contributed by atoms with Gasteiger partial charge in [0.15, 0.2) is 11.6 Å². The van der Waals surface area contributed by atoms with Crippen LogP contribution in [-0.2, 0) is 23.5 Å². The molecule has 6 nitrogen and oxygen atoms in total. The standard InChI is InChI=1S/C24H25F2N5O/c1-27-22(17-2-3-20(25)21(26)10-17)23-29-11-16(12-30-23)14-31-8-5-24(6-9-31)19-13-28-7-4-18(19)15-32-24/h2-4,7,10-13,22,27H,5-6,8-9,14-15H2,1H3. The largest absolute Gasteiger partial charge is 0.365 e. The number of piperidine rings is 1. The second-order valence-corrected chi connectivity index (χ2v) is 8.44. The van der Waals surface area contributed by atoms with Gasteiger partial charge >= 0.3 is 0 Å². The van der Waals surface area contributed by atoms with E-state index in [1.54, 1.807) is 13.1 Å². The van der Waals surface area contributed by atoms with Gasteiger partial charge in [-0.2, -0.15) is 0 Å². The van der Waals surface area contributed by atoms with Gasteiger partial charge < -0.3 is 10.1 Å². The lowest BCUT2D eigenvalue weighted by Gasteiger charge is -2.39. The summed E-state index contributed by atoms with van der Waals surface area (Å²) in [5.74, 6) is -1.24. The fourth-order valence-corrected chi connectivity index (χ4v) is 4.73. The van der Waals surface area contributed by atoms with E-state index in [2.05, 4.69) is 25.2 Å². The van der Waals surface area contributed by atoms with Crippen molar-refractivity contribution in [2.24, 2.45) is 0 Å². The predicted octanol–water partition coefficient (Wildman–Crippen LogP) is 3.48. The van der Waals surface area contributed by atoms with Crippen LogP contribution in [0, 0.1) is 11.6 Å². The fourth-order valence-electron chi connectivity index (χ4n) is 4.73. The third-order valence-electron chi connectivity index (χ3n) is 6.53. The number of pyridine rings is 1. The molecule has 2 aliphatic rings. The van der Waals surface area contributed by atoms with E-state index in [0.29, 0.717) is 18.0 Å². The second-order valence-electron chi connectivity index (χ2n) is 8.44. The Morgan fingerprint density at radius 3 is 2.59 bits per heavy atom. The van der Waals surface area contributed by atoms with Gasteiger partial charge in [0.2, 0.25) is 0 Å². The monoisotopic (exact) mass is 437 g/mol. The first-order chi connectivity index (χ1) is 15.6. The van der Waals surface area contributed by atoms with Crippen molar-refractivity contribution < 1.29 is 13.5 Å². The van der Waals surface area contributed by atoms with E-state index >= 15 is 0 Å². The number of hydrogen-bond donors (Lipinski definition) is 1. The first-order valence-electron chi connectivity index (χ1n) is 10.8. The Balaban J connectivity index is 1.23. The molecule has 1 saturated heterocycles. The summed E-state index contributed by atoms with van der Waals surface area (Å²) in [6, 6.07) is 5.47. The molecule has 166 valence electrons. The number of ether oxygens (including phenoxy) is 1. The van der Waals surface area contributed by atoms with Crippen LogP contribution in [0.5, 0.6) is 0 Å². The van der Waals surface area contributed by atoms with Crippen molar-refractivity contribution in [2.45, 2.75) is 37.6 Å². The molecule has 4 heterocycles. The van der Waals surface area contributed by atoms with Crippen LogP contribution < -0.4 is 5.32 Å². The van der Waals surface area contributed by atoms with Crippen molar-refractivity contribution in [3.8, 4) is 0 Å². The van der Waals surface area contributed by atoms with Crippen LogP contribution in [0.25, 0.3) is 0 Å². The Labute approximate surface area is 185 Å². The van der Waals surface area contributed by atoms with Gasteiger partial charge in [-0.25, -0.2) is 18.7 Å². The van der Waals surface area contributed by atoms with Crippen LogP contribution in [0.2, 0.25) is 0 Å². The Hall–Kier alpha value is -2.81. The van der Waals surface area contributed by atoms with Crippen LogP contribution in [0.4, 0.5) is 8.78 Å². The fraction of sp³-hybridized carbons (Fsp3) is 0.375. The molecule has 1 N–H and O–H groups in total.